The molecule has 0 saturated heterocycles. The van der Waals surface area contributed by atoms with Crippen LogP contribution in [0.3, 0.4) is 0 Å². The monoisotopic (exact) mass is 188 g/mol. The highest BCUT2D eigenvalue weighted by Crippen LogP contribution is 2.20. The molecule has 0 bridgehead atoms. The van der Waals surface area contributed by atoms with Gasteiger partial charge in [0.25, 0.3) is 0 Å². The lowest BCUT2D eigenvalue weighted by atomic mass is 9.87. The topological polar surface area (TPSA) is 58.3 Å². The van der Waals surface area contributed by atoms with Gasteiger partial charge in [-0.1, -0.05) is 13.8 Å². The Morgan fingerprint density at radius 3 is 2.54 bits per heavy atom. The summed E-state index contributed by atoms with van der Waals surface area (Å²) in [6, 6.07) is 0.383. The van der Waals surface area contributed by atoms with Crippen molar-refractivity contribution in [2.24, 2.45) is 11.1 Å². The summed E-state index contributed by atoms with van der Waals surface area (Å²) in [5.41, 5.74) is 5.76. The van der Waals surface area contributed by atoms with Gasteiger partial charge in [-0.15, -0.1) is 0 Å². The molecule has 0 heterocycles. The van der Waals surface area contributed by atoms with Gasteiger partial charge in [-0.25, -0.2) is 0 Å². The summed E-state index contributed by atoms with van der Waals surface area (Å²) in [7, 11) is 0. The van der Waals surface area contributed by atoms with Crippen molar-refractivity contribution >= 4 is 0 Å². The van der Waals surface area contributed by atoms with E-state index in [2.05, 4.69) is 26.1 Å². The molecule has 3 nitrogen and oxygen atoms in total. The molecule has 80 valence electrons. The van der Waals surface area contributed by atoms with Gasteiger partial charge in [-0.2, -0.15) is 0 Å². The molecule has 0 saturated carbocycles. The highest BCUT2D eigenvalue weighted by molar-refractivity contribution is 4.73. The van der Waals surface area contributed by atoms with Crippen molar-refractivity contribution in [3.63, 3.8) is 0 Å². The number of nitrogens with one attached hydrogen (secondary N) is 1. The van der Waals surface area contributed by atoms with Crippen LogP contribution >= 0.6 is 0 Å². The van der Waals surface area contributed by atoms with Crippen LogP contribution in [0.15, 0.2) is 0 Å². The van der Waals surface area contributed by atoms with Crippen LogP contribution in [0.4, 0.5) is 0 Å². The van der Waals surface area contributed by atoms with Gasteiger partial charge in [-0.3, -0.25) is 0 Å². The first-order chi connectivity index (χ1) is 6.02. The summed E-state index contributed by atoms with van der Waals surface area (Å²) in [6.07, 6.45) is 1.93. The van der Waals surface area contributed by atoms with E-state index in [0.717, 1.165) is 19.4 Å². The minimum Gasteiger partial charge on any atom is -0.396 e. The van der Waals surface area contributed by atoms with Crippen LogP contribution in [-0.2, 0) is 0 Å². The van der Waals surface area contributed by atoms with Crippen LogP contribution in [0.1, 0.15) is 33.6 Å². The van der Waals surface area contributed by atoms with Crippen LogP contribution < -0.4 is 11.1 Å². The molecular formula is C10H24N2O. The fourth-order valence-corrected chi connectivity index (χ4v) is 1.18. The van der Waals surface area contributed by atoms with Gasteiger partial charge in [0.15, 0.2) is 0 Å². The first-order valence-electron chi connectivity index (χ1n) is 5.06. The number of hydrogen-bond acceptors (Lipinski definition) is 3. The van der Waals surface area contributed by atoms with Gasteiger partial charge < -0.3 is 16.2 Å². The molecular weight excluding hydrogens is 164 g/mol. The Kier molecular flexibility index (Phi) is 6.29. The van der Waals surface area contributed by atoms with Crippen molar-refractivity contribution in [1.82, 2.24) is 5.32 Å². The minimum atomic E-state index is 0.256. The number of hydrogen-bond donors (Lipinski definition) is 3. The fraction of sp³-hybridized carbons (Fsp3) is 1.00. The normalized spacial score (nSPS) is 14.5. The Labute approximate surface area is 81.7 Å². The van der Waals surface area contributed by atoms with Gasteiger partial charge in [0, 0.05) is 25.7 Å². The van der Waals surface area contributed by atoms with Crippen molar-refractivity contribution in [3.8, 4) is 0 Å². The van der Waals surface area contributed by atoms with Gasteiger partial charge >= 0.3 is 0 Å². The third kappa shape index (κ3) is 6.99. The van der Waals surface area contributed by atoms with Crippen molar-refractivity contribution in [3.05, 3.63) is 0 Å². The Hall–Kier alpha value is -0.120. The maximum atomic E-state index is 8.71. The first-order valence-corrected chi connectivity index (χ1v) is 5.06. The van der Waals surface area contributed by atoms with Crippen molar-refractivity contribution in [2.45, 2.75) is 39.7 Å². The molecule has 0 aliphatic heterocycles. The van der Waals surface area contributed by atoms with Gasteiger partial charge in [0.2, 0.25) is 0 Å². The fourth-order valence-electron chi connectivity index (χ4n) is 1.18. The van der Waals surface area contributed by atoms with Crippen LogP contribution in [0, 0.1) is 5.41 Å². The van der Waals surface area contributed by atoms with E-state index in [4.69, 9.17) is 10.8 Å². The lowest BCUT2D eigenvalue weighted by molar-refractivity contribution is 0.233. The van der Waals surface area contributed by atoms with E-state index in [9.17, 15) is 0 Å². The predicted octanol–water partition coefficient (Wildman–Crippen LogP) is 0.722. The molecule has 13 heavy (non-hydrogen) atoms. The highest BCUT2D eigenvalue weighted by atomic mass is 16.2. The van der Waals surface area contributed by atoms with E-state index >= 15 is 0 Å². The third-order valence-corrected chi connectivity index (χ3v) is 2.29. The Balaban J connectivity index is 3.61. The largest absolute Gasteiger partial charge is 0.396 e. The van der Waals surface area contributed by atoms with Crippen molar-refractivity contribution < 1.29 is 5.11 Å². The van der Waals surface area contributed by atoms with Crippen LogP contribution in [0.25, 0.3) is 0 Å². The smallest absolute Gasteiger partial charge is 0.0431 e. The maximum Gasteiger partial charge on any atom is 0.0431 e. The lowest BCUT2D eigenvalue weighted by Crippen LogP contribution is -2.39. The molecule has 0 aliphatic rings. The van der Waals surface area contributed by atoms with Gasteiger partial charge in [-0.05, 0) is 25.2 Å². The SMILES string of the molecule is CC(CN)NCC(C)(C)CCCO. The van der Waals surface area contributed by atoms with Crippen LogP contribution in [0.2, 0.25) is 0 Å². The third-order valence-electron chi connectivity index (χ3n) is 2.29. The van der Waals surface area contributed by atoms with Crippen LogP contribution in [-0.4, -0.2) is 30.8 Å². The molecule has 4 N–H and O–H groups in total. The molecule has 1 atom stereocenters. The molecule has 0 aromatic rings. The second-order valence-corrected chi connectivity index (χ2v) is 4.51. The van der Waals surface area contributed by atoms with E-state index in [1.54, 1.807) is 0 Å². The van der Waals surface area contributed by atoms with E-state index in [1.807, 2.05) is 0 Å². The molecule has 0 aromatic carbocycles. The van der Waals surface area contributed by atoms with Gasteiger partial charge in [0.05, 0.1) is 0 Å². The Morgan fingerprint density at radius 2 is 2.08 bits per heavy atom. The number of rotatable bonds is 7. The molecule has 1 unspecified atom stereocenters. The molecule has 0 fully saturated rings. The number of nitrogens with two attached hydrogens (primary N) is 1. The second-order valence-electron chi connectivity index (χ2n) is 4.51. The minimum absolute atomic E-state index is 0.256. The number of aliphatic hydroxyl groups is 1. The number of aliphatic hydroxyl groups excluding tert-OH is 1. The van der Waals surface area contributed by atoms with Gasteiger partial charge in [0.1, 0.15) is 0 Å². The summed E-state index contributed by atoms with van der Waals surface area (Å²) < 4.78 is 0. The summed E-state index contributed by atoms with van der Waals surface area (Å²) in [4.78, 5) is 0. The standard InChI is InChI=1S/C10H24N2O/c1-9(7-11)12-8-10(2,3)5-4-6-13/h9,12-13H,4-8,11H2,1-3H3. The quantitative estimate of drug-likeness (QED) is 0.552. The average Bonchev–Trinajstić information content (AvgIpc) is 2.11. The van der Waals surface area contributed by atoms with Crippen molar-refractivity contribution in [2.75, 3.05) is 19.7 Å². The summed E-state index contributed by atoms with van der Waals surface area (Å²) >= 11 is 0. The molecule has 0 radical (unpaired) electrons. The molecule has 0 aliphatic carbocycles. The summed E-state index contributed by atoms with van der Waals surface area (Å²) in [5.74, 6) is 0. The van der Waals surface area contributed by atoms with E-state index in [-0.39, 0.29) is 12.0 Å². The van der Waals surface area contributed by atoms with Crippen LogP contribution in [0.5, 0.6) is 0 Å². The Morgan fingerprint density at radius 1 is 1.46 bits per heavy atom. The molecule has 0 spiro atoms. The first kappa shape index (κ1) is 12.9. The molecule has 0 aromatic heterocycles. The maximum absolute atomic E-state index is 8.71. The lowest BCUT2D eigenvalue weighted by Gasteiger charge is -2.26. The highest BCUT2D eigenvalue weighted by Gasteiger charge is 2.17. The zero-order valence-corrected chi connectivity index (χ0v) is 9.14. The average molecular weight is 188 g/mol. The molecule has 3 heteroatoms. The zero-order chi connectivity index (χ0) is 10.3. The van der Waals surface area contributed by atoms with E-state index in [0.29, 0.717) is 12.6 Å². The Bertz CT molecular complexity index is 126. The zero-order valence-electron chi connectivity index (χ0n) is 9.14. The summed E-state index contributed by atoms with van der Waals surface area (Å²) in [5, 5.41) is 12.1. The van der Waals surface area contributed by atoms with Crippen molar-refractivity contribution in [1.29, 1.82) is 0 Å². The summed E-state index contributed by atoms with van der Waals surface area (Å²) in [6.45, 7) is 8.43. The van der Waals surface area contributed by atoms with E-state index in [1.165, 1.54) is 0 Å². The predicted molar refractivity (Wildman–Crippen MR) is 56.6 cm³/mol. The molecule has 0 rings (SSSR count). The van der Waals surface area contributed by atoms with E-state index < -0.39 is 0 Å². The molecule has 0 amide bonds. The second kappa shape index (κ2) is 6.35.